The van der Waals surface area contributed by atoms with Crippen molar-refractivity contribution in [2.24, 2.45) is 5.73 Å². The van der Waals surface area contributed by atoms with E-state index in [2.05, 4.69) is 30.4 Å². The van der Waals surface area contributed by atoms with Crippen LogP contribution in [0.2, 0.25) is 0 Å². The smallest absolute Gasteiger partial charge is 0.312 e. The molecule has 1 aromatic rings. The van der Waals surface area contributed by atoms with Crippen LogP contribution in [0.3, 0.4) is 0 Å². The first-order chi connectivity index (χ1) is 10.6. The molecule has 1 aromatic carbocycles. The van der Waals surface area contributed by atoms with Crippen molar-refractivity contribution in [3.63, 3.8) is 0 Å². The van der Waals surface area contributed by atoms with Crippen LogP contribution in [0.5, 0.6) is 0 Å². The lowest BCUT2D eigenvalue weighted by Gasteiger charge is -2.22. The second kappa shape index (κ2) is 9.08. The molecule has 0 aliphatic heterocycles. The van der Waals surface area contributed by atoms with Crippen molar-refractivity contribution in [2.75, 3.05) is 0 Å². The van der Waals surface area contributed by atoms with Gasteiger partial charge < -0.3 is 11.1 Å². The SMILES string of the molecule is C/C=C\CC1=C(C)CCc2ccccc2C1NC(N)=O.CC. The lowest BCUT2D eigenvalue weighted by molar-refractivity contribution is 0.246. The van der Waals surface area contributed by atoms with E-state index in [1.54, 1.807) is 0 Å². The fraction of sp³-hybridized carbons (Fsp3) is 0.421. The number of amides is 2. The second-order valence-electron chi connectivity index (χ2n) is 5.22. The van der Waals surface area contributed by atoms with Gasteiger partial charge in [0.2, 0.25) is 0 Å². The van der Waals surface area contributed by atoms with E-state index in [-0.39, 0.29) is 6.04 Å². The summed E-state index contributed by atoms with van der Waals surface area (Å²) in [7, 11) is 0. The lowest BCUT2D eigenvalue weighted by atomic mass is 9.92. The van der Waals surface area contributed by atoms with Gasteiger partial charge in [-0.15, -0.1) is 0 Å². The van der Waals surface area contributed by atoms with E-state index in [1.165, 1.54) is 22.3 Å². The molecule has 2 amide bonds. The summed E-state index contributed by atoms with van der Waals surface area (Å²) in [6.45, 7) is 8.16. The number of primary amides is 1. The highest BCUT2D eigenvalue weighted by molar-refractivity contribution is 5.73. The lowest BCUT2D eigenvalue weighted by Crippen LogP contribution is -2.34. The Balaban J connectivity index is 0.00000116. The molecule has 22 heavy (non-hydrogen) atoms. The van der Waals surface area contributed by atoms with E-state index in [9.17, 15) is 4.79 Å². The van der Waals surface area contributed by atoms with Crippen LogP contribution < -0.4 is 11.1 Å². The average Bonchev–Trinajstić information content (AvgIpc) is 2.65. The number of aryl methyl sites for hydroxylation is 1. The molecule has 3 heteroatoms. The number of allylic oxidation sites excluding steroid dienone is 3. The number of urea groups is 1. The zero-order valence-corrected chi connectivity index (χ0v) is 14.1. The molecule has 0 fully saturated rings. The van der Waals surface area contributed by atoms with Crippen LogP contribution in [0.1, 0.15) is 57.7 Å². The van der Waals surface area contributed by atoms with Crippen LogP contribution in [-0.4, -0.2) is 6.03 Å². The molecule has 1 aliphatic carbocycles. The largest absolute Gasteiger partial charge is 0.352 e. The number of rotatable bonds is 3. The zero-order valence-electron chi connectivity index (χ0n) is 14.1. The van der Waals surface area contributed by atoms with E-state index < -0.39 is 6.03 Å². The van der Waals surface area contributed by atoms with Gasteiger partial charge in [-0.3, -0.25) is 0 Å². The van der Waals surface area contributed by atoms with Crippen molar-refractivity contribution in [3.8, 4) is 0 Å². The summed E-state index contributed by atoms with van der Waals surface area (Å²) in [4.78, 5) is 11.4. The van der Waals surface area contributed by atoms with Gasteiger partial charge >= 0.3 is 6.03 Å². The molecule has 120 valence electrons. The van der Waals surface area contributed by atoms with Crippen LogP contribution in [0.4, 0.5) is 4.79 Å². The summed E-state index contributed by atoms with van der Waals surface area (Å²) >= 11 is 0. The third-order valence-electron chi connectivity index (χ3n) is 3.89. The fourth-order valence-electron chi connectivity index (χ4n) is 2.80. The van der Waals surface area contributed by atoms with Crippen molar-refractivity contribution < 1.29 is 4.79 Å². The molecular formula is C19H28N2O. The molecule has 1 atom stereocenters. The highest BCUT2D eigenvalue weighted by Crippen LogP contribution is 2.34. The van der Waals surface area contributed by atoms with Crippen LogP contribution in [-0.2, 0) is 6.42 Å². The maximum absolute atomic E-state index is 11.4. The van der Waals surface area contributed by atoms with Crippen molar-refractivity contribution in [2.45, 2.75) is 53.0 Å². The summed E-state index contributed by atoms with van der Waals surface area (Å²) in [5.74, 6) is 0. The van der Waals surface area contributed by atoms with E-state index in [0.29, 0.717) is 0 Å². The molecule has 3 N–H and O–H groups in total. The van der Waals surface area contributed by atoms with Gasteiger partial charge in [0.15, 0.2) is 0 Å². The molecule has 1 aliphatic rings. The molecule has 3 nitrogen and oxygen atoms in total. The minimum atomic E-state index is -0.475. The third kappa shape index (κ3) is 4.48. The van der Waals surface area contributed by atoms with Gasteiger partial charge in [0.1, 0.15) is 0 Å². The molecule has 0 bridgehead atoms. The maximum Gasteiger partial charge on any atom is 0.312 e. The first-order valence-corrected chi connectivity index (χ1v) is 8.07. The zero-order chi connectivity index (χ0) is 16.5. The normalized spacial score (nSPS) is 17.4. The Hall–Kier alpha value is -2.03. The predicted octanol–water partition coefficient (Wildman–Crippen LogP) is 4.65. The van der Waals surface area contributed by atoms with Crippen LogP contribution in [0, 0.1) is 0 Å². The monoisotopic (exact) mass is 300 g/mol. The van der Waals surface area contributed by atoms with Crippen molar-refractivity contribution in [1.29, 1.82) is 0 Å². The Morgan fingerprint density at radius 1 is 1.32 bits per heavy atom. The summed E-state index contributed by atoms with van der Waals surface area (Å²) in [5, 5.41) is 2.91. The molecule has 0 saturated carbocycles. The number of hydrogen-bond donors (Lipinski definition) is 2. The number of benzene rings is 1. The van der Waals surface area contributed by atoms with Crippen LogP contribution >= 0.6 is 0 Å². The Labute approximate surface area is 134 Å². The minimum absolute atomic E-state index is 0.109. The quantitative estimate of drug-likeness (QED) is 0.784. The van der Waals surface area contributed by atoms with Crippen LogP contribution in [0.25, 0.3) is 0 Å². The van der Waals surface area contributed by atoms with Gasteiger partial charge in [-0.25, -0.2) is 4.79 Å². The number of carbonyl (C=O) groups is 1. The summed E-state index contributed by atoms with van der Waals surface area (Å²) in [5.41, 5.74) is 10.4. The van der Waals surface area contributed by atoms with E-state index >= 15 is 0 Å². The number of carbonyl (C=O) groups excluding carboxylic acids is 1. The second-order valence-corrected chi connectivity index (χ2v) is 5.22. The van der Waals surface area contributed by atoms with E-state index in [4.69, 9.17) is 5.73 Å². The van der Waals surface area contributed by atoms with Gasteiger partial charge in [-0.2, -0.15) is 0 Å². The summed E-state index contributed by atoms with van der Waals surface area (Å²) in [6.07, 6.45) is 7.06. The standard InChI is InChI=1S/C17H22N2O.C2H6/c1-3-4-8-14-12(2)10-11-13-7-5-6-9-15(13)16(14)19-17(18)20;1-2/h3-7,9,16H,8,10-11H2,1-2H3,(H3,18,19,20);1-2H3/b4-3-;. The third-order valence-corrected chi connectivity index (χ3v) is 3.89. The first kappa shape index (κ1) is 18.0. The fourth-order valence-corrected chi connectivity index (χ4v) is 2.80. The van der Waals surface area contributed by atoms with Crippen LogP contribution in [0.15, 0.2) is 47.6 Å². The highest BCUT2D eigenvalue weighted by atomic mass is 16.2. The van der Waals surface area contributed by atoms with Gasteiger partial charge in [0.25, 0.3) is 0 Å². The number of nitrogens with one attached hydrogen (secondary N) is 1. The average molecular weight is 300 g/mol. The topological polar surface area (TPSA) is 55.1 Å². The minimum Gasteiger partial charge on any atom is -0.352 e. The number of fused-ring (bicyclic) bond motifs is 1. The van der Waals surface area contributed by atoms with E-state index in [1.807, 2.05) is 39.0 Å². The molecule has 2 rings (SSSR count). The Morgan fingerprint density at radius 3 is 2.64 bits per heavy atom. The molecule has 0 radical (unpaired) electrons. The predicted molar refractivity (Wildman–Crippen MR) is 93.7 cm³/mol. The number of hydrogen-bond acceptors (Lipinski definition) is 1. The Kier molecular flexibility index (Phi) is 7.44. The molecule has 0 heterocycles. The number of nitrogens with two attached hydrogens (primary N) is 1. The molecule has 0 spiro atoms. The van der Waals surface area contributed by atoms with Crippen molar-refractivity contribution >= 4 is 6.03 Å². The summed E-state index contributed by atoms with van der Waals surface area (Å²) in [6, 6.07) is 7.70. The Morgan fingerprint density at radius 2 is 2.00 bits per heavy atom. The van der Waals surface area contributed by atoms with Gasteiger partial charge in [-0.05, 0) is 49.8 Å². The van der Waals surface area contributed by atoms with Gasteiger partial charge in [0, 0.05) is 0 Å². The first-order valence-electron chi connectivity index (χ1n) is 8.07. The maximum atomic E-state index is 11.4. The molecule has 0 saturated heterocycles. The molecule has 0 aromatic heterocycles. The highest BCUT2D eigenvalue weighted by Gasteiger charge is 2.24. The van der Waals surface area contributed by atoms with Gasteiger partial charge in [-0.1, -0.05) is 55.8 Å². The summed E-state index contributed by atoms with van der Waals surface area (Å²) < 4.78 is 0. The van der Waals surface area contributed by atoms with Gasteiger partial charge in [0.05, 0.1) is 6.04 Å². The van der Waals surface area contributed by atoms with Crippen molar-refractivity contribution in [3.05, 3.63) is 58.7 Å². The molecule has 1 unspecified atom stereocenters. The molecular weight excluding hydrogens is 272 g/mol. The van der Waals surface area contributed by atoms with Crippen molar-refractivity contribution in [1.82, 2.24) is 5.32 Å². The van der Waals surface area contributed by atoms with E-state index in [0.717, 1.165) is 19.3 Å². The Bertz CT molecular complexity index is 558.